The molecule has 1 amide bonds. The molecule has 0 unspecified atom stereocenters. The Morgan fingerprint density at radius 2 is 1.58 bits per heavy atom. The first kappa shape index (κ1) is 17.5. The van der Waals surface area contributed by atoms with E-state index in [1.54, 1.807) is 0 Å². The zero-order valence-corrected chi connectivity index (χ0v) is 13.4. The highest BCUT2D eigenvalue weighted by molar-refractivity contribution is 6.05. The maximum atomic E-state index is 13.0. The van der Waals surface area contributed by atoms with Gasteiger partial charge in [0.15, 0.2) is 0 Å². The molecular weight excluding hydrogens is 343 g/mol. The van der Waals surface area contributed by atoms with Crippen LogP contribution in [0.15, 0.2) is 73.1 Å². The highest BCUT2D eigenvalue weighted by atomic mass is 19.4. The van der Waals surface area contributed by atoms with Gasteiger partial charge in [0.2, 0.25) is 0 Å². The van der Waals surface area contributed by atoms with Crippen LogP contribution < -0.4 is 10.6 Å². The minimum Gasteiger partial charge on any atom is -0.354 e. The third-order valence-electron chi connectivity index (χ3n) is 3.54. The SMILES string of the molecule is O=C(Nc1ccccc1C(F)(F)F)c1cncc(Nc2ccccc2)c1. The van der Waals surface area contributed by atoms with E-state index in [1.165, 1.54) is 36.7 Å². The summed E-state index contributed by atoms with van der Waals surface area (Å²) in [6, 6.07) is 15.6. The van der Waals surface area contributed by atoms with Crippen LogP contribution in [0.5, 0.6) is 0 Å². The van der Waals surface area contributed by atoms with Gasteiger partial charge in [-0.2, -0.15) is 13.2 Å². The first-order valence-corrected chi connectivity index (χ1v) is 7.68. The fourth-order valence-electron chi connectivity index (χ4n) is 2.35. The summed E-state index contributed by atoms with van der Waals surface area (Å²) in [6.45, 7) is 0. The average molecular weight is 357 g/mol. The van der Waals surface area contributed by atoms with Crippen molar-refractivity contribution in [1.29, 1.82) is 0 Å². The van der Waals surface area contributed by atoms with Gasteiger partial charge in [0, 0.05) is 11.9 Å². The van der Waals surface area contributed by atoms with Gasteiger partial charge in [-0.15, -0.1) is 0 Å². The van der Waals surface area contributed by atoms with Gasteiger partial charge in [0.1, 0.15) is 0 Å². The fourth-order valence-corrected chi connectivity index (χ4v) is 2.35. The van der Waals surface area contributed by atoms with E-state index in [2.05, 4.69) is 15.6 Å². The third kappa shape index (κ3) is 4.18. The van der Waals surface area contributed by atoms with E-state index in [1.807, 2.05) is 30.3 Å². The number of carbonyl (C=O) groups is 1. The summed E-state index contributed by atoms with van der Waals surface area (Å²) in [5, 5.41) is 5.37. The normalized spacial score (nSPS) is 11.0. The number of pyridine rings is 1. The largest absolute Gasteiger partial charge is 0.418 e. The van der Waals surface area contributed by atoms with E-state index >= 15 is 0 Å². The lowest BCUT2D eigenvalue weighted by Crippen LogP contribution is -2.17. The molecule has 7 heteroatoms. The molecule has 0 aliphatic heterocycles. The third-order valence-corrected chi connectivity index (χ3v) is 3.54. The molecule has 132 valence electrons. The summed E-state index contributed by atoms with van der Waals surface area (Å²) in [5.41, 5.74) is 0.288. The zero-order valence-electron chi connectivity index (χ0n) is 13.4. The van der Waals surface area contributed by atoms with Crippen molar-refractivity contribution in [2.75, 3.05) is 10.6 Å². The fraction of sp³-hybridized carbons (Fsp3) is 0.0526. The van der Waals surface area contributed by atoms with Gasteiger partial charge in [-0.05, 0) is 30.3 Å². The Labute approximate surface area is 147 Å². The van der Waals surface area contributed by atoms with Crippen molar-refractivity contribution >= 4 is 23.0 Å². The van der Waals surface area contributed by atoms with Crippen LogP contribution in [0, 0.1) is 0 Å². The van der Waals surface area contributed by atoms with Gasteiger partial charge >= 0.3 is 6.18 Å². The number of hydrogen-bond donors (Lipinski definition) is 2. The van der Waals surface area contributed by atoms with Crippen LogP contribution in [0.4, 0.5) is 30.2 Å². The van der Waals surface area contributed by atoms with Crippen molar-refractivity contribution in [3.63, 3.8) is 0 Å². The average Bonchev–Trinajstić information content (AvgIpc) is 2.62. The molecule has 0 saturated heterocycles. The van der Waals surface area contributed by atoms with E-state index in [4.69, 9.17) is 0 Å². The van der Waals surface area contributed by atoms with Crippen LogP contribution in [0.3, 0.4) is 0 Å². The Morgan fingerprint density at radius 3 is 2.31 bits per heavy atom. The predicted molar refractivity (Wildman–Crippen MR) is 93.4 cm³/mol. The lowest BCUT2D eigenvalue weighted by Gasteiger charge is -2.14. The summed E-state index contributed by atoms with van der Waals surface area (Å²) in [4.78, 5) is 16.3. The Morgan fingerprint density at radius 1 is 0.885 bits per heavy atom. The lowest BCUT2D eigenvalue weighted by molar-refractivity contribution is -0.136. The molecule has 1 heterocycles. The van der Waals surface area contributed by atoms with Gasteiger partial charge in [-0.3, -0.25) is 9.78 Å². The number of amides is 1. The molecule has 0 aliphatic rings. The number of alkyl halides is 3. The van der Waals surface area contributed by atoms with Crippen LogP contribution in [-0.4, -0.2) is 10.9 Å². The topological polar surface area (TPSA) is 54.0 Å². The van der Waals surface area contributed by atoms with E-state index in [9.17, 15) is 18.0 Å². The number of carbonyl (C=O) groups excluding carboxylic acids is 1. The number of rotatable bonds is 4. The second-order valence-electron chi connectivity index (χ2n) is 5.45. The van der Waals surface area contributed by atoms with Gasteiger partial charge < -0.3 is 10.6 Å². The monoisotopic (exact) mass is 357 g/mol. The van der Waals surface area contributed by atoms with Gasteiger partial charge in [0.05, 0.1) is 28.7 Å². The number of anilines is 3. The Bertz CT molecular complexity index is 911. The highest BCUT2D eigenvalue weighted by Crippen LogP contribution is 2.34. The molecule has 2 N–H and O–H groups in total. The van der Waals surface area contributed by atoms with Crippen molar-refractivity contribution in [3.05, 3.63) is 84.2 Å². The van der Waals surface area contributed by atoms with Crippen LogP contribution >= 0.6 is 0 Å². The minimum absolute atomic E-state index is 0.142. The summed E-state index contributed by atoms with van der Waals surface area (Å²) in [6.07, 6.45) is -1.74. The number of nitrogens with one attached hydrogen (secondary N) is 2. The van der Waals surface area contributed by atoms with Crippen molar-refractivity contribution in [3.8, 4) is 0 Å². The molecule has 0 atom stereocenters. The summed E-state index contributed by atoms with van der Waals surface area (Å²) in [5.74, 6) is -0.675. The molecule has 26 heavy (non-hydrogen) atoms. The molecule has 0 spiro atoms. The van der Waals surface area contributed by atoms with Gasteiger partial charge in [0.25, 0.3) is 5.91 Å². The van der Waals surface area contributed by atoms with Crippen molar-refractivity contribution in [2.45, 2.75) is 6.18 Å². The molecule has 0 saturated carbocycles. The second kappa shape index (κ2) is 7.26. The Balaban J connectivity index is 1.80. The molecule has 0 bridgehead atoms. The number of para-hydroxylation sites is 2. The minimum atomic E-state index is -4.56. The van der Waals surface area contributed by atoms with E-state index in [0.717, 1.165) is 11.8 Å². The molecule has 4 nitrogen and oxygen atoms in total. The van der Waals surface area contributed by atoms with Crippen LogP contribution in [0.1, 0.15) is 15.9 Å². The van der Waals surface area contributed by atoms with Gasteiger partial charge in [-0.1, -0.05) is 30.3 Å². The predicted octanol–water partition coefficient (Wildman–Crippen LogP) is 5.10. The number of aromatic nitrogens is 1. The highest BCUT2D eigenvalue weighted by Gasteiger charge is 2.33. The first-order chi connectivity index (χ1) is 12.4. The molecule has 3 aromatic rings. The lowest BCUT2D eigenvalue weighted by atomic mass is 10.1. The number of halogens is 3. The van der Waals surface area contributed by atoms with Crippen LogP contribution in [-0.2, 0) is 6.18 Å². The van der Waals surface area contributed by atoms with E-state index in [0.29, 0.717) is 5.69 Å². The zero-order chi connectivity index (χ0) is 18.6. The molecule has 0 radical (unpaired) electrons. The summed E-state index contributed by atoms with van der Waals surface area (Å²) >= 11 is 0. The first-order valence-electron chi connectivity index (χ1n) is 7.68. The van der Waals surface area contributed by atoms with E-state index in [-0.39, 0.29) is 11.3 Å². The van der Waals surface area contributed by atoms with E-state index < -0.39 is 17.6 Å². The summed E-state index contributed by atoms with van der Waals surface area (Å²) < 4.78 is 39.1. The molecule has 0 fully saturated rings. The molecule has 3 rings (SSSR count). The molecule has 0 aliphatic carbocycles. The maximum absolute atomic E-state index is 13.0. The maximum Gasteiger partial charge on any atom is 0.418 e. The van der Waals surface area contributed by atoms with Crippen molar-refractivity contribution < 1.29 is 18.0 Å². The van der Waals surface area contributed by atoms with Crippen molar-refractivity contribution in [2.24, 2.45) is 0 Å². The van der Waals surface area contributed by atoms with Crippen molar-refractivity contribution in [1.82, 2.24) is 4.98 Å². The number of nitrogens with zero attached hydrogens (tertiary/aromatic N) is 1. The second-order valence-corrected chi connectivity index (χ2v) is 5.45. The molecule has 1 aromatic heterocycles. The smallest absolute Gasteiger partial charge is 0.354 e. The van der Waals surface area contributed by atoms with Crippen LogP contribution in [0.25, 0.3) is 0 Å². The number of benzene rings is 2. The van der Waals surface area contributed by atoms with Gasteiger partial charge in [-0.25, -0.2) is 0 Å². The summed E-state index contributed by atoms with van der Waals surface area (Å²) in [7, 11) is 0. The Hall–Kier alpha value is -3.35. The molecular formula is C19H14F3N3O. The Kier molecular flexibility index (Phi) is 4.88. The quantitative estimate of drug-likeness (QED) is 0.683. The standard InChI is InChI=1S/C19H14F3N3O/c20-19(21,22)16-8-4-5-9-17(16)25-18(26)13-10-15(12-23-11-13)24-14-6-2-1-3-7-14/h1-12,24H,(H,25,26). The van der Waals surface area contributed by atoms with Crippen LogP contribution in [0.2, 0.25) is 0 Å². The molecule has 2 aromatic carbocycles. The number of hydrogen-bond acceptors (Lipinski definition) is 3.